The summed E-state index contributed by atoms with van der Waals surface area (Å²) in [6, 6.07) is 13.0. The molecule has 0 aliphatic rings. The van der Waals surface area contributed by atoms with Crippen LogP contribution in [0, 0.1) is 4.77 Å². The highest BCUT2D eigenvalue weighted by atomic mass is 79.9. The average molecular weight is 424 g/mol. The Morgan fingerprint density at radius 1 is 1.33 bits per heavy atom. The van der Waals surface area contributed by atoms with E-state index in [2.05, 4.69) is 31.2 Å². The number of rotatable bonds is 4. The molecule has 5 nitrogen and oxygen atoms in total. The zero-order valence-electron chi connectivity index (χ0n) is 12.5. The number of nitrogens with zero attached hydrogens (tertiary/aromatic N) is 3. The molecule has 0 saturated carbocycles. The molecule has 0 amide bonds. The van der Waals surface area contributed by atoms with Gasteiger partial charge in [-0.05, 0) is 42.5 Å². The van der Waals surface area contributed by atoms with Crippen molar-refractivity contribution in [3.8, 4) is 17.1 Å². The topological polar surface area (TPSA) is 55.2 Å². The molecule has 0 fully saturated rings. The van der Waals surface area contributed by atoms with Crippen molar-refractivity contribution in [1.29, 1.82) is 0 Å². The van der Waals surface area contributed by atoms with Gasteiger partial charge in [0.25, 0.3) is 0 Å². The average Bonchev–Trinajstić information content (AvgIpc) is 2.94. The summed E-state index contributed by atoms with van der Waals surface area (Å²) in [4.78, 5) is 0. The van der Waals surface area contributed by atoms with Crippen LogP contribution in [0.3, 0.4) is 0 Å². The minimum absolute atomic E-state index is 0.370. The Balaban J connectivity index is 2.06. The highest BCUT2D eigenvalue weighted by Crippen LogP contribution is 2.26. The van der Waals surface area contributed by atoms with Crippen LogP contribution in [0.2, 0.25) is 5.02 Å². The van der Waals surface area contributed by atoms with Gasteiger partial charge in [0.2, 0.25) is 4.77 Å². The molecule has 0 aliphatic carbocycles. The van der Waals surface area contributed by atoms with E-state index in [9.17, 15) is 0 Å². The molecule has 0 spiro atoms. The van der Waals surface area contributed by atoms with Crippen LogP contribution in [0.1, 0.15) is 5.56 Å². The van der Waals surface area contributed by atoms with Gasteiger partial charge in [-0.3, -0.25) is 0 Å². The Morgan fingerprint density at radius 3 is 2.88 bits per heavy atom. The number of H-pyrrole nitrogens is 1. The fraction of sp³-hybridized carbons (Fsp3) is 0.0625. The highest BCUT2D eigenvalue weighted by molar-refractivity contribution is 9.10. The summed E-state index contributed by atoms with van der Waals surface area (Å²) in [5, 5.41) is 12.0. The van der Waals surface area contributed by atoms with Crippen LogP contribution < -0.4 is 4.74 Å². The molecule has 0 aliphatic heterocycles. The van der Waals surface area contributed by atoms with Crippen molar-refractivity contribution in [2.24, 2.45) is 5.10 Å². The van der Waals surface area contributed by atoms with Crippen molar-refractivity contribution in [3.05, 3.63) is 62.3 Å². The smallest absolute Gasteiger partial charge is 0.216 e. The first-order valence-corrected chi connectivity index (χ1v) is 8.48. The maximum absolute atomic E-state index is 6.25. The van der Waals surface area contributed by atoms with Crippen LogP contribution >= 0.6 is 39.7 Å². The van der Waals surface area contributed by atoms with Crippen molar-refractivity contribution in [3.63, 3.8) is 0 Å². The van der Waals surface area contributed by atoms with Crippen molar-refractivity contribution in [2.75, 3.05) is 7.11 Å². The van der Waals surface area contributed by atoms with Gasteiger partial charge in [-0.25, -0.2) is 5.10 Å². The molecule has 3 aromatic rings. The van der Waals surface area contributed by atoms with Gasteiger partial charge in [-0.15, -0.1) is 0 Å². The minimum Gasteiger partial charge on any atom is -0.496 e. The molecule has 1 heterocycles. The van der Waals surface area contributed by atoms with Gasteiger partial charge in [-0.2, -0.15) is 14.9 Å². The third-order valence-electron chi connectivity index (χ3n) is 3.27. The zero-order valence-corrected chi connectivity index (χ0v) is 15.7. The standard InChI is InChI=1S/C16H12BrClN4OS/c1-23-14-7-6-11(17)8-10(14)9-19-22-15(20-21-16(22)24)12-4-2-3-5-13(12)18/h2-9H,1H3,(H,21,24)/b19-9-. The van der Waals surface area contributed by atoms with Gasteiger partial charge >= 0.3 is 0 Å². The number of aromatic amines is 1. The summed E-state index contributed by atoms with van der Waals surface area (Å²) in [5.41, 5.74) is 1.55. The van der Waals surface area contributed by atoms with E-state index < -0.39 is 0 Å². The second kappa shape index (κ2) is 7.29. The van der Waals surface area contributed by atoms with E-state index in [1.54, 1.807) is 19.4 Å². The predicted octanol–water partition coefficient (Wildman–Crippen LogP) is 4.91. The maximum Gasteiger partial charge on any atom is 0.216 e. The van der Waals surface area contributed by atoms with Crippen LogP contribution in [-0.2, 0) is 0 Å². The second-order valence-electron chi connectivity index (χ2n) is 4.77. The largest absolute Gasteiger partial charge is 0.496 e. The molecule has 1 N–H and O–H groups in total. The van der Waals surface area contributed by atoms with Crippen LogP contribution in [-0.4, -0.2) is 28.2 Å². The first-order chi connectivity index (χ1) is 11.6. The van der Waals surface area contributed by atoms with E-state index in [1.165, 1.54) is 4.68 Å². The first kappa shape index (κ1) is 16.9. The van der Waals surface area contributed by atoms with E-state index in [1.807, 2.05) is 36.4 Å². The van der Waals surface area contributed by atoms with Gasteiger partial charge < -0.3 is 4.74 Å². The summed E-state index contributed by atoms with van der Waals surface area (Å²) >= 11 is 15.0. The zero-order chi connectivity index (χ0) is 17.1. The SMILES string of the molecule is COc1ccc(Br)cc1/C=N\n1c(-c2ccccc2Cl)n[nH]c1=S. The molecule has 8 heteroatoms. The summed E-state index contributed by atoms with van der Waals surface area (Å²) < 4.78 is 8.16. The number of hydrogen-bond acceptors (Lipinski definition) is 4. The van der Waals surface area contributed by atoms with Gasteiger partial charge in [0.1, 0.15) is 5.75 Å². The van der Waals surface area contributed by atoms with Gasteiger partial charge in [0.15, 0.2) is 5.82 Å². The van der Waals surface area contributed by atoms with Crippen molar-refractivity contribution < 1.29 is 4.74 Å². The van der Waals surface area contributed by atoms with Crippen LogP contribution in [0.5, 0.6) is 5.75 Å². The molecular weight excluding hydrogens is 412 g/mol. The molecule has 0 bridgehead atoms. The number of nitrogens with one attached hydrogen (secondary N) is 1. The predicted molar refractivity (Wildman–Crippen MR) is 102 cm³/mol. The highest BCUT2D eigenvalue weighted by Gasteiger charge is 2.11. The number of benzene rings is 2. The second-order valence-corrected chi connectivity index (χ2v) is 6.48. The van der Waals surface area contributed by atoms with E-state index >= 15 is 0 Å². The maximum atomic E-state index is 6.25. The monoisotopic (exact) mass is 422 g/mol. The lowest BCUT2D eigenvalue weighted by Crippen LogP contribution is -1.97. The van der Waals surface area contributed by atoms with E-state index in [-0.39, 0.29) is 0 Å². The summed E-state index contributed by atoms with van der Waals surface area (Å²) in [5.74, 6) is 1.24. The van der Waals surface area contributed by atoms with E-state index in [0.717, 1.165) is 15.6 Å². The normalized spacial score (nSPS) is 11.1. The van der Waals surface area contributed by atoms with Gasteiger partial charge in [0.05, 0.1) is 18.3 Å². The third-order valence-corrected chi connectivity index (χ3v) is 4.36. The van der Waals surface area contributed by atoms with E-state index in [0.29, 0.717) is 21.4 Å². The van der Waals surface area contributed by atoms with Crippen molar-refractivity contribution >= 4 is 46.0 Å². The quantitative estimate of drug-likeness (QED) is 0.479. The molecule has 2 aromatic carbocycles. The summed E-state index contributed by atoms with van der Waals surface area (Å²) in [6.07, 6.45) is 1.66. The lowest BCUT2D eigenvalue weighted by Gasteiger charge is -2.05. The molecule has 24 heavy (non-hydrogen) atoms. The molecule has 0 unspecified atom stereocenters. The number of methoxy groups -OCH3 is 1. The van der Waals surface area contributed by atoms with E-state index in [4.69, 9.17) is 28.6 Å². The van der Waals surface area contributed by atoms with Crippen LogP contribution in [0.15, 0.2) is 52.0 Å². The Labute approximate surface area is 157 Å². The molecule has 0 radical (unpaired) electrons. The molecule has 0 atom stereocenters. The van der Waals surface area contributed by atoms with Crippen molar-refractivity contribution in [2.45, 2.75) is 0 Å². The lowest BCUT2D eigenvalue weighted by atomic mass is 10.2. The van der Waals surface area contributed by atoms with Crippen LogP contribution in [0.4, 0.5) is 0 Å². The van der Waals surface area contributed by atoms with Crippen LogP contribution in [0.25, 0.3) is 11.4 Å². The van der Waals surface area contributed by atoms with Crippen molar-refractivity contribution in [1.82, 2.24) is 14.9 Å². The fourth-order valence-corrected chi connectivity index (χ4v) is 2.92. The lowest BCUT2D eigenvalue weighted by molar-refractivity contribution is 0.414. The number of ether oxygens (including phenoxy) is 1. The number of halogens is 2. The molecule has 122 valence electrons. The Morgan fingerprint density at radius 2 is 2.12 bits per heavy atom. The Kier molecular flexibility index (Phi) is 5.13. The first-order valence-electron chi connectivity index (χ1n) is 6.90. The van der Waals surface area contributed by atoms with Gasteiger partial charge in [0, 0.05) is 15.6 Å². The number of hydrogen-bond donors (Lipinski definition) is 1. The molecule has 1 aromatic heterocycles. The molecule has 0 saturated heterocycles. The molecular formula is C16H12BrClN4OS. The third kappa shape index (κ3) is 3.43. The Hall–Kier alpha value is -1.96. The summed E-state index contributed by atoms with van der Waals surface area (Å²) in [6.45, 7) is 0. The minimum atomic E-state index is 0.370. The molecule has 3 rings (SSSR count). The fourth-order valence-electron chi connectivity index (χ4n) is 2.14. The van der Waals surface area contributed by atoms with Gasteiger partial charge in [-0.1, -0.05) is 39.7 Å². The Bertz CT molecular complexity index is 967. The summed E-state index contributed by atoms with van der Waals surface area (Å²) in [7, 11) is 1.61. The number of aromatic nitrogens is 3.